The number of rotatable bonds is 7. The molecule has 1 aromatic rings. The maximum atomic E-state index is 12.3. The average molecular weight is 343 g/mol. The molecular weight excluding hydrogens is 318 g/mol. The van der Waals surface area contributed by atoms with Gasteiger partial charge in [0.15, 0.2) is 0 Å². The van der Waals surface area contributed by atoms with E-state index in [0.29, 0.717) is 31.3 Å². The highest BCUT2D eigenvalue weighted by Crippen LogP contribution is 2.25. The molecule has 2 N–H and O–H groups in total. The molecule has 1 heterocycles. The molecule has 1 aromatic carbocycles. The highest BCUT2D eigenvalue weighted by molar-refractivity contribution is 7.89. The first-order chi connectivity index (χ1) is 10.7. The Morgan fingerprint density at radius 1 is 1.39 bits per heavy atom. The standard InChI is InChI=1S/C16H25NO5S/c1-12(2)10-22-14-4-6-15(7-5-14)23(19,20)17-11-16(18)8-9-21-13(16)3/h4-7,12-13,17-18H,8-11H2,1-3H3. The van der Waals surface area contributed by atoms with Gasteiger partial charge in [-0.15, -0.1) is 0 Å². The Kier molecular flexibility index (Phi) is 5.67. The number of aliphatic hydroxyl groups is 1. The van der Waals surface area contributed by atoms with Crippen molar-refractivity contribution in [3.8, 4) is 5.75 Å². The highest BCUT2D eigenvalue weighted by atomic mass is 32.2. The van der Waals surface area contributed by atoms with Crippen LogP contribution < -0.4 is 9.46 Å². The summed E-state index contributed by atoms with van der Waals surface area (Å²) in [5.41, 5.74) is -1.16. The third-order valence-electron chi connectivity index (χ3n) is 3.95. The summed E-state index contributed by atoms with van der Waals surface area (Å²) >= 11 is 0. The lowest BCUT2D eigenvalue weighted by atomic mass is 9.97. The molecule has 2 atom stereocenters. The predicted molar refractivity (Wildman–Crippen MR) is 86.9 cm³/mol. The fraction of sp³-hybridized carbons (Fsp3) is 0.625. The summed E-state index contributed by atoms with van der Waals surface area (Å²) in [5.74, 6) is 1.03. The molecule has 1 saturated heterocycles. The molecule has 0 saturated carbocycles. The van der Waals surface area contributed by atoms with E-state index in [4.69, 9.17) is 9.47 Å². The van der Waals surface area contributed by atoms with Gasteiger partial charge in [0.05, 0.1) is 17.6 Å². The van der Waals surface area contributed by atoms with Crippen LogP contribution in [-0.2, 0) is 14.8 Å². The molecule has 130 valence electrons. The van der Waals surface area contributed by atoms with Crippen LogP contribution >= 0.6 is 0 Å². The van der Waals surface area contributed by atoms with Gasteiger partial charge in [-0.3, -0.25) is 0 Å². The maximum absolute atomic E-state index is 12.3. The van der Waals surface area contributed by atoms with Gasteiger partial charge < -0.3 is 14.6 Å². The van der Waals surface area contributed by atoms with E-state index in [0.717, 1.165) is 0 Å². The molecule has 0 amide bonds. The smallest absolute Gasteiger partial charge is 0.240 e. The normalized spacial score (nSPS) is 25.0. The van der Waals surface area contributed by atoms with Gasteiger partial charge in [-0.25, -0.2) is 13.1 Å². The second-order valence-corrected chi connectivity index (χ2v) is 8.13. The third kappa shape index (κ3) is 4.67. The van der Waals surface area contributed by atoms with Crippen molar-refractivity contribution in [2.75, 3.05) is 19.8 Å². The van der Waals surface area contributed by atoms with Gasteiger partial charge in [0.1, 0.15) is 11.4 Å². The van der Waals surface area contributed by atoms with Crippen molar-refractivity contribution in [1.29, 1.82) is 0 Å². The number of ether oxygens (including phenoxy) is 2. The van der Waals surface area contributed by atoms with E-state index in [1.54, 1.807) is 19.1 Å². The topological polar surface area (TPSA) is 84.9 Å². The lowest BCUT2D eigenvalue weighted by Crippen LogP contribution is -2.47. The summed E-state index contributed by atoms with van der Waals surface area (Å²) in [6.07, 6.45) is 0.0237. The summed E-state index contributed by atoms with van der Waals surface area (Å²) < 4.78 is 37.9. The lowest BCUT2D eigenvalue weighted by molar-refractivity contribution is -0.0228. The molecule has 1 fully saturated rings. The molecule has 1 aliphatic rings. The van der Waals surface area contributed by atoms with Crippen LogP contribution in [0.3, 0.4) is 0 Å². The van der Waals surface area contributed by atoms with Crippen molar-refractivity contribution in [2.45, 2.75) is 43.8 Å². The zero-order valence-corrected chi connectivity index (χ0v) is 14.6. The first-order valence-corrected chi connectivity index (χ1v) is 9.28. The minimum Gasteiger partial charge on any atom is -0.493 e. The Morgan fingerprint density at radius 3 is 2.57 bits per heavy atom. The van der Waals surface area contributed by atoms with Gasteiger partial charge in [0, 0.05) is 19.6 Å². The molecule has 0 aliphatic carbocycles. The molecule has 2 rings (SSSR count). The second-order valence-electron chi connectivity index (χ2n) is 6.37. The summed E-state index contributed by atoms with van der Waals surface area (Å²) in [4.78, 5) is 0.143. The van der Waals surface area contributed by atoms with E-state index >= 15 is 0 Å². The van der Waals surface area contributed by atoms with Gasteiger partial charge >= 0.3 is 0 Å². The van der Waals surface area contributed by atoms with E-state index in [2.05, 4.69) is 4.72 Å². The third-order valence-corrected chi connectivity index (χ3v) is 5.36. The van der Waals surface area contributed by atoms with Crippen LogP contribution in [-0.4, -0.2) is 45.0 Å². The number of sulfonamides is 1. The SMILES string of the molecule is CC(C)COc1ccc(S(=O)(=O)NCC2(O)CCOC2C)cc1. The highest BCUT2D eigenvalue weighted by Gasteiger charge is 2.40. The van der Waals surface area contributed by atoms with E-state index in [-0.39, 0.29) is 11.4 Å². The van der Waals surface area contributed by atoms with Crippen molar-refractivity contribution in [3.63, 3.8) is 0 Å². The minimum atomic E-state index is -3.68. The van der Waals surface area contributed by atoms with E-state index < -0.39 is 21.7 Å². The van der Waals surface area contributed by atoms with Gasteiger partial charge in [-0.2, -0.15) is 0 Å². The van der Waals surface area contributed by atoms with Gasteiger partial charge in [0.2, 0.25) is 10.0 Å². The molecule has 2 unspecified atom stereocenters. The van der Waals surface area contributed by atoms with Crippen molar-refractivity contribution in [1.82, 2.24) is 4.72 Å². The van der Waals surface area contributed by atoms with Crippen LogP contribution in [0.2, 0.25) is 0 Å². The summed E-state index contributed by atoms with van der Waals surface area (Å²) in [7, 11) is -3.68. The molecule has 0 spiro atoms. The van der Waals surface area contributed by atoms with Gasteiger partial charge in [0.25, 0.3) is 0 Å². The quantitative estimate of drug-likeness (QED) is 0.784. The molecule has 1 aliphatic heterocycles. The zero-order chi connectivity index (χ0) is 17.1. The predicted octanol–water partition coefficient (Wildman–Crippen LogP) is 1.54. The van der Waals surface area contributed by atoms with Gasteiger partial charge in [-0.05, 0) is 37.1 Å². The Balaban J connectivity index is 1.99. The summed E-state index contributed by atoms with van der Waals surface area (Å²) in [6, 6.07) is 6.26. The summed E-state index contributed by atoms with van der Waals surface area (Å²) in [6.45, 7) is 6.77. The van der Waals surface area contributed by atoms with Gasteiger partial charge in [-0.1, -0.05) is 13.8 Å². The first-order valence-electron chi connectivity index (χ1n) is 7.79. The lowest BCUT2D eigenvalue weighted by Gasteiger charge is -2.26. The molecule has 23 heavy (non-hydrogen) atoms. The van der Waals surface area contributed by atoms with Crippen LogP contribution in [0.15, 0.2) is 29.2 Å². The monoisotopic (exact) mass is 343 g/mol. The first kappa shape index (κ1) is 18.2. The Labute approximate surface area is 137 Å². The van der Waals surface area contributed by atoms with E-state index in [1.165, 1.54) is 12.1 Å². The van der Waals surface area contributed by atoms with E-state index in [9.17, 15) is 13.5 Å². The Bertz CT molecular complexity index is 614. The fourth-order valence-corrected chi connectivity index (χ4v) is 3.39. The van der Waals surface area contributed by atoms with Crippen LogP contribution in [0.5, 0.6) is 5.75 Å². The average Bonchev–Trinajstić information content (AvgIpc) is 2.84. The number of hydrogen-bond donors (Lipinski definition) is 2. The minimum absolute atomic E-state index is 0.0674. The van der Waals surface area contributed by atoms with Crippen molar-refractivity contribution >= 4 is 10.0 Å². The molecule has 0 bridgehead atoms. The van der Waals surface area contributed by atoms with Crippen molar-refractivity contribution in [3.05, 3.63) is 24.3 Å². The van der Waals surface area contributed by atoms with Crippen molar-refractivity contribution < 1.29 is 23.0 Å². The van der Waals surface area contributed by atoms with Crippen LogP contribution in [0.1, 0.15) is 27.2 Å². The summed E-state index contributed by atoms with van der Waals surface area (Å²) in [5, 5.41) is 10.4. The van der Waals surface area contributed by atoms with E-state index in [1.807, 2.05) is 13.8 Å². The van der Waals surface area contributed by atoms with Crippen molar-refractivity contribution in [2.24, 2.45) is 5.92 Å². The van der Waals surface area contributed by atoms with Crippen LogP contribution in [0.4, 0.5) is 0 Å². The molecule has 7 heteroatoms. The Hall–Kier alpha value is -1.15. The Morgan fingerprint density at radius 2 is 2.04 bits per heavy atom. The fourth-order valence-electron chi connectivity index (χ4n) is 2.28. The number of hydrogen-bond acceptors (Lipinski definition) is 5. The molecule has 0 radical (unpaired) electrons. The molecular formula is C16H25NO5S. The molecule has 6 nitrogen and oxygen atoms in total. The molecule has 0 aromatic heterocycles. The largest absolute Gasteiger partial charge is 0.493 e. The number of benzene rings is 1. The zero-order valence-electron chi connectivity index (χ0n) is 13.8. The maximum Gasteiger partial charge on any atom is 0.240 e. The number of nitrogens with one attached hydrogen (secondary N) is 1. The van der Waals surface area contributed by atoms with Crippen LogP contribution in [0.25, 0.3) is 0 Å². The second kappa shape index (κ2) is 7.17. The van der Waals surface area contributed by atoms with Crippen LogP contribution in [0, 0.1) is 5.92 Å².